The molecule has 112 valence electrons. The molecular weight excluding hydrogens is 286 g/mol. The van der Waals surface area contributed by atoms with Crippen LogP contribution < -0.4 is 19.5 Å². The molecule has 1 aromatic heterocycles. The van der Waals surface area contributed by atoms with Gasteiger partial charge < -0.3 is 19.5 Å². The Kier molecular flexibility index (Phi) is 4.62. The number of hydrogen-bond acceptors (Lipinski definition) is 5. The van der Waals surface area contributed by atoms with Gasteiger partial charge in [-0.15, -0.1) is 11.3 Å². The van der Waals surface area contributed by atoms with Crippen LogP contribution in [0, 0.1) is 0 Å². The summed E-state index contributed by atoms with van der Waals surface area (Å²) >= 11 is 1.70. The van der Waals surface area contributed by atoms with Crippen LogP contribution in [0.2, 0.25) is 0 Å². The smallest absolute Gasteiger partial charge is 0.231 e. The lowest BCUT2D eigenvalue weighted by Gasteiger charge is -2.13. The number of thiophene rings is 1. The Hall–Kier alpha value is -1.72. The van der Waals surface area contributed by atoms with Gasteiger partial charge in [0.15, 0.2) is 11.5 Å². The van der Waals surface area contributed by atoms with Crippen molar-refractivity contribution in [2.75, 3.05) is 13.3 Å². The van der Waals surface area contributed by atoms with Gasteiger partial charge in [0.05, 0.1) is 0 Å². The van der Waals surface area contributed by atoms with E-state index in [0.717, 1.165) is 42.3 Å². The van der Waals surface area contributed by atoms with Crippen LogP contribution in [0.3, 0.4) is 0 Å². The minimum Gasteiger partial charge on any atom is -0.488 e. The summed E-state index contributed by atoms with van der Waals surface area (Å²) in [5.41, 5.74) is 1.10. The Bertz CT molecular complexity index is 583. The average Bonchev–Trinajstić information content (AvgIpc) is 3.16. The van der Waals surface area contributed by atoms with Gasteiger partial charge in [-0.3, -0.25) is 0 Å². The van der Waals surface area contributed by atoms with Gasteiger partial charge in [-0.1, -0.05) is 13.0 Å². The fraction of sp³-hybridized carbons (Fsp3) is 0.375. The maximum atomic E-state index is 5.97. The first kappa shape index (κ1) is 14.2. The molecule has 1 aromatic carbocycles. The van der Waals surface area contributed by atoms with Gasteiger partial charge in [-0.25, -0.2) is 0 Å². The molecule has 2 heterocycles. The first-order chi connectivity index (χ1) is 10.4. The highest BCUT2D eigenvalue weighted by molar-refractivity contribution is 7.09. The van der Waals surface area contributed by atoms with E-state index in [9.17, 15) is 0 Å². The normalized spacial score (nSPS) is 12.6. The third-order valence-corrected chi connectivity index (χ3v) is 4.10. The summed E-state index contributed by atoms with van der Waals surface area (Å²) in [4.78, 5) is 1.21. The third kappa shape index (κ3) is 3.49. The molecule has 1 aliphatic rings. The van der Waals surface area contributed by atoms with Crippen LogP contribution in [-0.4, -0.2) is 13.3 Å². The molecule has 0 atom stereocenters. The van der Waals surface area contributed by atoms with E-state index >= 15 is 0 Å². The maximum Gasteiger partial charge on any atom is 0.231 e. The zero-order valence-electron chi connectivity index (χ0n) is 12.1. The van der Waals surface area contributed by atoms with Gasteiger partial charge in [0.25, 0.3) is 0 Å². The highest BCUT2D eigenvalue weighted by Gasteiger charge is 2.18. The molecule has 3 rings (SSSR count). The Morgan fingerprint density at radius 1 is 1.29 bits per heavy atom. The molecule has 5 heteroatoms. The van der Waals surface area contributed by atoms with Crippen LogP contribution >= 0.6 is 11.3 Å². The topological polar surface area (TPSA) is 39.7 Å². The standard InChI is InChI=1S/C16H19NO3S/c1-2-5-17-9-12-7-15-16(20-11-19-15)8-14(12)18-10-13-4-3-6-21-13/h3-4,6-8,17H,2,5,9-11H2,1H3. The van der Waals surface area contributed by atoms with Gasteiger partial charge in [0.1, 0.15) is 12.4 Å². The van der Waals surface area contributed by atoms with Crippen molar-refractivity contribution in [1.29, 1.82) is 0 Å². The number of benzene rings is 1. The molecule has 0 amide bonds. The van der Waals surface area contributed by atoms with Crippen LogP contribution in [0.4, 0.5) is 0 Å². The molecule has 2 aromatic rings. The first-order valence-electron chi connectivity index (χ1n) is 7.15. The Morgan fingerprint density at radius 3 is 2.90 bits per heavy atom. The van der Waals surface area contributed by atoms with Gasteiger partial charge in [-0.05, 0) is 30.5 Å². The minimum absolute atomic E-state index is 0.283. The molecular formula is C16H19NO3S. The van der Waals surface area contributed by atoms with E-state index in [2.05, 4.69) is 23.7 Å². The van der Waals surface area contributed by atoms with Crippen LogP contribution in [-0.2, 0) is 13.2 Å². The Balaban J connectivity index is 1.75. The van der Waals surface area contributed by atoms with Crippen LogP contribution in [0.25, 0.3) is 0 Å². The Labute approximate surface area is 128 Å². The largest absolute Gasteiger partial charge is 0.488 e. The lowest BCUT2D eigenvalue weighted by molar-refractivity contribution is 0.173. The Morgan fingerprint density at radius 2 is 2.14 bits per heavy atom. The molecule has 0 unspecified atom stereocenters. The van der Waals surface area contributed by atoms with Crippen molar-refractivity contribution in [3.05, 3.63) is 40.1 Å². The maximum absolute atomic E-state index is 5.97. The SMILES string of the molecule is CCCNCc1cc2c(cc1OCc1cccs1)OCO2. The summed E-state index contributed by atoms with van der Waals surface area (Å²) in [6.45, 7) is 4.77. The van der Waals surface area contributed by atoms with Crippen molar-refractivity contribution < 1.29 is 14.2 Å². The summed E-state index contributed by atoms with van der Waals surface area (Å²) in [5.74, 6) is 2.42. The van der Waals surface area contributed by atoms with Crippen molar-refractivity contribution in [2.45, 2.75) is 26.5 Å². The molecule has 0 spiro atoms. The predicted molar refractivity (Wildman–Crippen MR) is 83.2 cm³/mol. The molecule has 0 saturated heterocycles. The van der Waals surface area contributed by atoms with Gasteiger partial charge in [0, 0.05) is 23.1 Å². The molecule has 0 bridgehead atoms. The van der Waals surface area contributed by atoms with Crippen LogP contribution in [0.5, 0.6) is 17.2 Å². The van der Waals surface area contributed by atoms with Crippen molar-refractivity contribution in [3.8, 4) is 17.2 Å². The van der Waals surface area contributed by atoms with Crippen molar-refractivity contribution in [1.82, 2.24) is 5.32 Å². The molecule has 1 N–H and O–H groups in total. The second-order valence-corrected chi connectivity index (χ2v) is 5.89. The second-order valence-electron chi connectivity index (χ2n) is 4.86. The number of fused-ring (bicyclic) bond motifs is 1. The molecule has 0 fully saturated rings. The van der Waals surface area contributed by atoms with Gasteiger partial charge in [0.2, 0.25) is 6.79 Å². The first-order valence-corrected chi connectivity index (χ1v) is 8.03. The van der Waals surface area contributed by atoms with Gasteiger partial charge >= 0.3 is 0 Å². The lowest BCUT2D eigenvalue weighted by Crippen LogP contribution is -2.14. The lowest BCUT2D eigenvalue weighted by atomic mass is 10.1. The van der Waals surface area contributed by atoms with E-state index in [-0.39, 0.29) is 6.79 Å². The number of nitrogens with one attached hydrogen (secondary N) is 1. The summed E-state index contributed by atoms with van der Waals surface area (Å²) < 4.78 is 16.9. The van der Waals surface area contributed by atoms with E-state index in [4.69, 9.17) is 14.2 Å². The number of hydrogen-bond donors (Lipinski definition) is 1. The van der Waals surface area contributed by atoms with Gasteiger partial charge in [-0.2, -0.15) is 0 Å². The fourth-order valence-corrected chi connectivity index (χ4v) is 2.80. The zero-order valence-corrected chi connectivity index (χ0v) is 12.9. The summed E-state index contributed by atoms with van der Waals surface area (Å²) in [7, 11) is 0. The van der Waals surface area contributed by atoms with E-state index in [1.165, 1.54) is 4.88 Å². The van der Waals surface area contributed by atoms with Crippen LogP contribution in [0.15, 0.2) is 29.6 Å². The molecule has 4 nitrogen and oxygen atoms in total. The highest BCUT2D eigenvalue weighted by Crippen LogP contribution is 2.38. The quantitative estimate of drug-likeness (QED) is 0.794. The molecule has 0 saturated carbocycles. The van der Waals surface area contributed by atoms with E-state index in [1.807, 2.05) is 18.2 Å². The summed E-state index contributed by atoms with van der Waals surface area (Å²) in [6, 6.07) is 8.05. The molecule has 0 aliphatic carbocycles. The highest BCUT2D eigenvalue weighted by atomic mass is 32.1. The molecule has 21 heavy (non-hydrogen) atoms. The zero-order chi connectivity index (χ0) is 14.5. The summed E-state index contributed by atoms with van der Waals surface area (Å²) in [6.07, 6.45) is 1.11. The summed E-state index contributed by atoms with van der Waals surface area (Å²) in [5, 5.41) is 5.46. The second kappa shape index (κ2) is 6.83. The fourth-order valence-electron chi connectivity index (χ4n) is 2.18. The molecule has 0 radical (unpaired) electrons. The monoisotopic (exact) mass is 305 g/mol. The van der Waals surface area contributed by atoms with E-state index in [1.54, 1.807) is 11.3 Å². The number of rotatable bonds is 7. The van der Waals surface area contributed by atoms with Crippen LogP contribution in [0.1, 0.15) is 23.8 Å². The van der Waals surface area contributed by atoms with Crippen molar-refractivity contribution >= 4 is 11.3 Å². The van der Waals surface area contributed by atoms with Crippen molar-refractivity contribution in [3.63, 3.8) is 0 Å². The predicted octanol–water partition coefficient (Wildman–Crippen LogP) is 3.56. The average molecular weight is 305 g/mol. The van der Waals surface area contributed by atoms with Crippen molar-refractivity contribution in [2.24, 2.45) is 0 Å². The minimum atomic E-state index is 0.283. The molecule has 1 aliphatic heterocycles. The number of ether oxygens (including phenoxy) is 3. The van der Waals surface area contributed by atoms with E-state index in [0.29, 0.717) is 6.61 Å². The third-order valence-electron chi connectivity index (χ3n) is 3.25. The van der Waals surface area contributed by atoms with E-state index < -0.39 is 0 Å².